The van der Waals surface area contributed by atoms with E-state index in [9.17, 15) is 9.59 Å². The van der Waals surface area contributed by atoms with Gasteiger partial charge in [-0.25, -0.2) is 4.79 Å². The average Bonchev–Trinajstić information content (AvgIpc) is 2.41. The van der Waals surface area contributed by atoms with Crippen LogP contribution in [0.25, 0.3) is 0 Å². The van der Waals surface area contributed by atoms with Gasteiger partial charge in [0.05, 0.1) is 18.2 Å². The van der Waals surface area contributed by atoms with Crippen molar-refractivity contribution in [2.45, 2.75) is 26.4 Å². The first-order valence-corrected chi connectivity index (χ1v) is 6.53. The smallest absolute Gasteiger partial charge is 0.340 e. The summed E-state index contributed by atoms with van der Waals surface area (Å²) in [6, 6.07) is 8.61. The van der Waals surface area contributed by atoms with Crippen molar-refractivity contribution in [2.75, 3.05) is 18.4 Å². The van der Waals surface area contributed by atoms with Gasteiger partial charge in [0.25, 0.3) is 0 Å². The lowest BCUT2D eigenvalue weighted by molar-refractivity contribution is -0.119. The van der Waals surface area contributed by atoms with Crippen LogP contribution in [0.5, 0.6) is 0 Å². The van der Waals surface area contributed by atoms with Crippen LogP contribution in [0.1, 0.15) is 31.1 Å². The second-order valence-electron chi connectivity index (χ2n) is 5.34. The number of hydrogen-bond acceptors (Lipinski definition) is 5. The molecular weight excluding hydrogens is 270 g/mol. The Morgan fingerprint density at radius 1 is 1.29 bits per heavy atom. The standard InChI is InChI=1S/C15H19N3O3/c1-15(2,3)21-14(20)11-6-4-5-7-12(11)18-10-13(19)17-9-8-16/h4-7,18H,9-10H2,1-3H3,(H,17,19). The molecule has 1 amide bonds. The third-order valence-electron chi connectivity index (χ3n) is 2.35. The van der Waals surface area contributed by atoms with Gasteiger partial charge in [0.2, 0.25) is 5.91 Å². The minimum Gasteiger partial charge on any atom is -0.456 e. The highest BCUT2D eigenvalue weighted by Gasteiger charge is 2.20. The molecule has 0 aliphatic carbocycles. The predicted octanol–water partition coefficient (Wildman–Crippen LogP) is 1.69. The van der Waals surface area contributed by atoms with Crippen LogP contribution in [0.4, 0.5) is 5.69 Å². The van der Waals surface area contributed by atoms with Gasteiger partial charge >= 0.3 is 5.97 Å². The van der Waals surface area contributed by atoms with Gasteiger partial charge < -0.3 is 15.4 Å². The second-order valence-corrected chi connectivity index (χ2v) is 5.34. The monoisotopic (exact) mass is 289 g/mol. The average molecular weight is 289 g/mol. The van der Waals surface area contributed by atoms with Crippen LogP contribution < -0.4 is 10.6 Å². The number of rotatable bonds is 5. The lowest BCUT2D eigenvalue weighted by atomic mass is 10.1. The molecule has 2 N–H and O–H groups in total. The van der Waals surface area contributed by atoms with E-state index >= 15 is 0 Å². The van der Waals surface area contributed by atoms with Crippen LogP contribution in [-0.2, 0) is 9.53 Å². The summed E-state index contributed by atoms with van der Waals surface area (Å²) in [4.78, 5) is 23.5. The first kappa shape index (κ1) is 16.5. The SMILES string of the molecule is CC(C)(C)OC(=O)c1ccccc1NCC(=O)NCC#N. The summed E-state index contributed by atoms with van der Waals surface area (Å²) in [6.45, 7) is 5.29. The van der Waals surface area contributed by atoms with Crippen LogP contribution >= 0.6 is 0 Å². The molecule has 0 fully saturated rings. The van der Waals surface area contributed by atoms with E-state index in [1.54, 1.807) is 45.0 Å². The molecule has 0 bridgehead atoms. The van der Waals surface area contributed by atoms with E-state index in [4.69, 9.17) is 10.00 Å². The van der Waals surface area contributed by atoms with E-state index < -0.39 is 11.6 Å². The molecule has 6 heteroatoms. The molecule has 0 spiro atoms. The van der Waals surface area contributed by atoms with Crippen molar-refractivity contribution in [1.29, 1.82) is 5.26 Å². The first-order chi connectivity index (χ1) is 9.83. The van der Waals surface area contributed by atoms with Crippen molar-refractivity contribution in [3.05, 3.63) is 29.8 Å². The van der Waals surface area contributed by atoms with Gasteiger partial charge in [0.1, 0.15) is 12.1 Å². The number of benzene rings is 1. The van der Waals surface area contributed by atoms with Gasteiger partial charge in [-0.15, -0.1) is 0 Å². The van der Waals surface area contributed by atoms with E-state index in [1.165, 1.54) is 0 Å². The summed E-state index contributed by atoms with van der Waals surface area (Å²) in [6.07, 6.45) is 0. The molecule has 1 aromatic carbocycles. The first-order valence-electron chi connectivity index (χ1n) is 6.53. The molecule has 0 heterocycles. The highest BCUT2D eigenvalue weighted by Crippen LogP contribution is 2.19. The summed E-state index contributed by atoms with van der Waals surface area (Å²) in [5.41, 5.74) is 0.285. The number of nitrogens with one attached hydrogen (secondary N) is 2. The number of carbonyl (C=O) groups is 2. The maximum Gasteiger partial charge on any atom is 0.340 e. The Morgan fingerprint density at radius 3 is 2.57 bits per heavy atom. The summed E-state index contributed by atoms with van der Waals surface area (Å²) in [5, 5.41) is 13.7. The van der Waals surface area contributed by atoms with Crippen LogP contribution in [0.2, 0.25) is 0 Å². The minimum absolute atomic E-state index is 0.0263. The summed E-state index contributed by atoms with van der Waals surface area (Å²) in [5.74, 6) is -0.779. The number of nitrogens with zero attached hydrogens (tertiary/aromatic N) is 1. The fourth-order valence-corrected chi connectivity index (χ4v) is 1.52. The zero-order valence-electron chi connectivity index (χ0n) is 12.4. The molecule has 0 aromatic heterocycles. The normalized spacial score (nSPS) is 10.4. The Morgan fingerprint density at radius 2 is 1.95 bits per heavy atom. The number of hydrogen-bond donors (Lipinski definition) is 2. The van der Waals surface area contributed by atoms with Gasteiger partial charge in [-0.2, -0.15) is 5.26 Å². The molecule has 6 nitrogen and oxygen atoms in total. The molecule has 112 valence electrons. The van der Waals surface area contributed by atoms with Crippen molar-refractivity contribution in [3.63, 3.8) is 0 Å². The lowest BCUT2D eigenvalue weighted by Gasteiger charge is -2.20. The van der Waals surface area contributed by atoms with Gasteiger partial charge in [-0.05, 0) is 32.9 Å². The van der Waals surface area contributed by atoms with E-state index in [-0.39, 0.29) is 19.0 Å². The van der Waals surface area contributed by atoms with Gasteiger partial charge in [0.15, 0.2) is 0 Å². The van der Waals surface area contributed by atoms with E-state index in [0.29, 0.717) is 11.3 Å². The van der Waals surface area contributed by atoms with Crippen molar-refractivity contribution in [2.24, 2.45) is 0 Å². The number of carbonyl (C=O) groups excluding carboxylic acids is 2. The molecule has 21 heavy (non-hydrogen) atoms. The third kappa shape index (κ3) is 5.95. The van der Waals surface area contributed by atoms with E-state index in [1.807, 2.05) is 6.07 Å². The van der Waals surface area contributed by atoms with Gasteiger partial charge in [-0.3, -0.25) is 4.79 Å². The van der Waals surface area contributed by atoms with Gasteiger partial charge in [-0.1, -0.05) is 12.1 Å². The van der Waals surface area contributed by atoms with E-state index in [0.717, 1.165) is 0 Å². The fourth-order valence-electron chi connectivity index (χ4n) is 1.52. The Bertz CT molecular complexity index is 556. The number of esters is 1. The van der Waals surface area contributed by atoms with E-state index in [2.05, 4.69) is 10.6 Å². The van der Waals surface area contributed by atoms with Crippen LogP contribution in [0, 0.1) is 11.3 Å². The minimum atomic E-state index is -0.589. The summed E-state index contributed by atoms with van der Waals surface area (Å²) >= 11 is 0. The van der Waals surface area contributed by atoms with Crippen molar-refractivity contribution in [1.82, 2.24) is 5.32 Å². The molecule has 0 saturated heterocycles. The van der Waals surface area contributed by atoms with Crippen LogP contribution in [0.3, 0.4) is 0 Å². The molecule has 1 rings (SSSR count). The molecule has 0 aliphatic rings. The zero-order valence-corrected chi connectivity index (χ0v) is 12.4. The maximum atomic E-state index is 12.1. The Labute approximate surface area is 124 Å². The fraction of sp³-hybridized carbons (Fsp3) is 0.400. The number of amides is 1. The molecule has 0 atom stereocenters. The van der Waals surface area contributed by atoms with Crippen LogP contribution in [-0.4, -0.2) is 30.6 Å². The third-order valence-corrected chi connectivity index (χ3v) is 2.35. The molecule has 0 radical (unpaired) electrons. The predicted molar refractivity (Wildman–Crippen MR) is 78.7 cm³/mol. The highest BCUT2D eigenvalue weighted by atomic mass is 16.6. The van der Waals surface area contributed by atoms with Crippen LogP contribution in [0.15, 0.2) is 24.3 Å². The van der Waals surface area contributed by atoms with Crippen molar-refractivity contribution in [3.8, 4) is 6.07 Å². The van der Waals surface area contributed by atoms with Crippen molar-refractivity contribution >= 4 is 17.6 Å². The number of para-hydroxylation sites is 1. The summed E-state index contributed by atoms with van der Waals surface area (Å²) < 4.78 is 5.31. The molecule has 0 unspecified atom stereocenters. The molecular formula is C15H19N3O3. The summed E-state index contributed by atoms with van der Waals surface area (Å²) in [7, 11) is 0. The number of anilines is 1. The second kappa shape index (κ2) is 7.29. The van der Waals surface area contributed by atoms with Crippen molar-refractivity contribution < 1.29 is 14.3 Å². The maximum absolute atomic E-state index is 12.1. The Balaban J connectivity index is 2.74. The number of nitriles is 1. The topological polar surface area (TPSA) is 91.2 Å². The Kier molecular flexibility index (Phi) is 5.73. The number of ether oxygens (including phenoxy) is 1. The quantitative estimate of drug-likeness (QED) is 0.636. The molecule has 1 aromatic rings. The highest BCUT2D eigenvalue weighted by molar-refractivity contribution is 5.96. The molecule has 0 aliphatic heterocycles. The molecule has 0 saturated carbocycles. The Hall–Kier alpha value is -2.55. The zero-order chi connectivity index (χ0) is 15.9. The van der Waals surface area contributed by atoms with Gasteiger partial charge in [0, 0.05) is 5.69 Å². The largest absolute Gasteiger partial charge is 0.456 e. The lowest BCUT2D eigenvalue weighted by Crippen LogP contribution is -2.30.